The van der Waals surface area contributed by atoms with Gasteiger partial charge in [-0.25, -0.2) is 4.98 Å². The number of nitrogens with one attached hydrogen (secondary N) is 1. The van der Waals surface area contributed by atoms with Crippen molar-refractivity contribution in [1.29, 1.82) is 0 Å². The van der Waals surface area contributed by atoms with Gasteiger partial charge in [0.15, 0.2) is 0 Å². The third-order valence-electron chi connectivity index (χ3n) is 6.61. The number of aliphatic carboxylic acids is 1. The van der Waals surface area contributed by atoms with Gasteiger partial charge in [-0.05, 0) is 67.3 Å². The third-order valence-corrected chi connectivity index (χ3v) is 6.61. The Hall–Kier alpha value is -2.95. The minimum Gasteiger partial charge on any atom is -0.481 e. The number of amides is 1. The van der Waals surface area contributed by atoms with Crippen molar-refractivity contribution in [1.82, 2.24) is 19.8 Å². The molecule has 1 rings (SSSR count). The summed E-state index contributed by atoms with van der Waals surface area (Å²) >= 11 is 0. The van der Waals surface area contributed by atoms with E-state index in [2.05, 4.69) is 17.2 Å². The second kappa shape index (κ2) is 19.4. The van der Waals surface area contributed by atoms with E-state index in [1.807, 2.05) is 0 Å². The van der Waals surface area contributed by atoms with E-state index in [-0.39, 0.29) is 32.1 Å². The number of hydrogen-bond donors (Lipinski definition) is 2. The molecule has 2 N–H and O–H groups in total. The maximum Gasteiger partial charge on any atom is 0.326 e. The summed E-state index contributed by atoms with van der Waals surface area (Å²) in [5.41, 5.74) is -1.44. The molecule has 1 heterocycles. The predicted molar refractivity (Wildman–Crippen MR) is 165 cm³/mol. The van der Waals surface area contributed by atoms with E-state index >= 15 is 0 Å². The summed E-state index contributed by atoms with van der Waals surface area (Å²) < 4.78 is 12.5. The van der Waals surface area contributed by atoms with Gasteiger partial charge in [-0.2, -0.15) is 0 Å². The van der Waals surface area contributed by atoms with Gasteiger partial charge in [-0.15, -0.1) is 0 Å². The highest BCUT2D eigenvalue weighted by molar-refractivity contribution is 5.86. The number of carboxylic acids is 1. The summed E-state index contributed by atoms with van der Waals surface area (Å²) in [6, 6.07) is 0.199. The third kappa shape index (κ3) is 19.0. The highest BCUT2D eigenvalue weighted by Gasteiger charge is 2.27. The lowest BCUT2D eigenvalue weighted by Crippen LogP contribution is -2.44. The van der Waals surface area contributed by atoms with Crippen LogP contribution < -0.4 is 5.32 Å². The Morgan fingerprint density at radius 3 is 1.88 bits per heavy atom. The van der Waals surface area contributed by atoms with Gasteiger partial charge in [-0.1, -0.05) is 45.4 Å². The number of ether oxygens (including phenoxy) is 2. The van der Waals surface area contributed by atoms with Crippen LogP contribution >= 0.6 is 0 Å². The molecule has 1 aromatic heterocycles. The molecule has 43 heavy (non-hydrogen) atoms. The lowest BCUT2D eigenvalue weighted by Gasteiger charge is -2.27. The lowest BCUT2D eigenvalue weighted by atomic mass is 10.1. The fourth-order valence-corrected chi connectivity index (χ4v) is 4.56. The zero-order valence-electron chi connectivity index (χ0n) is 27.6. The SMILES string of the molecule is CCC(Cc1nccn1CC(=O)N(CC(=O)OC(C)(C)C)CC(=O)OC(C)(C)C)NCCCCCCCCCCC(=O)O. The van der Waals surface area contributed by atoms with Crippen molar-refractivity contribution >= 4 is 23.8 Å². The van der Waals surface area contributed by atoms with Gasteiger partial charge in [0.25, 0.3) is 0 Å². The molecular formula is C32H56N4O7. The first-order valence-corrected chi connectivity index (χ1v) is 15.8. The number of imidazole rings is 1. The number of carbonyl (C=O) groups excluding carboxylic acids is 3. The van der Waals surface area contributed by atoms with Crippen LogP contribution in [-0.2, 0) is 41.6 Å². The first kappa shape index (κ1) is 38.1. The van der Waals surface area contributed by atoms with Crippen LogP contribution in [0.5, 0.6) is 0 Å². The van der Waals surface area contributed by atoms with Crippen LogP contribution in [0.4, 0.5) is 0 Å². The Balaban J connectivity index is 2.61. The summed E-state index contributed by atoms with van der Waals surface area (Å²) in [7, 11) is 0. The zero-order chi connectivity index (χ0) is 32.5. The van der Waals surface area contributed by atoms with Gasteiger partial charge < -0.3 is 29.4 Å². The first-order chi connectivity index (χ1) is 20.1. The summed E-state index contributed by atoms with van der Waals surface area (Å²) in [6.45, 7) is 12.7. The molecule has 1 aromatic rings. The van der Waals surface area contributed by atoms with Crippen molar-refractivity contribution in [2.75, 3.05) is 19.6 Å². The molecule has 0 aliphatic rings. The van der Waals surface area contributed by atoms with E-state index in [9.17, 15) is 19.2 Å². The minimum atomic E-state index is -0.720. The van der Waals surface area contributed by atoms with Crippen LogP contribution in [0.25, 0.3) is 0 Å². The molecule has 0 fully saturated rings. The summed E-state index contributed by atoms with van der Waals surface area (Å²) in [4.78, 5) is 54.6. The first-order valence-electron chi connectivity index (χ1n) is 15.8. The van der Waals surface area contributed by atoms with Crippen LogP contribution in [0.3, 0.4) is 0 Å². The number of hydrogen-bond acceptors (Lipinski definition) is 8. The van der Waals surface area contributed by atoms with Crippen molar-refractivity contribution in [2.24, 2.45) is 0 Å². The van der Waals surface area contributed by atoms with Crippen LogP contribution in [0, 0.1) is 0 Å². The van der Waals surface area contributed by atoms with Gasteiger partial charge in [0.2, 0.25) is 5.91 Å². The molecule has 0 aliphatic heterocycles. The average Bonchev–Trinajstić information content (AvgIpc) is 3.29. The van der Waals surface area contributed by atoms with Crippen molar-refractivity contribution in [2.45, 2.75) is 143 Å². The average molecular weight is 609 g/mol. The standard InChI is InChI=1S/C32H56N4O7/c1-8-25(33-18-16-14-12-10-9-11-13-15-17-28(38)39)21-26-34-19-20-35(26)22-27(37)36(23-29(40)42-31(2,3)4)24-30(41)43-32(5,6)7/h19-20,25,33H,8-18,21-24H2,1-7H3,(H,38,39). The number of carbonyl (C=O) groups is 4. The summed E-state index contributed by atoms with van der Waals surface area (Å²) in [5, 5.41) is 12.3. The molecule has 1 amide bonds. The molecule has 0 radical (unpaired) electrons. The van der Waals surface area contributed by atoms with Crippen LogP contribution in [-0.4, -0.2) is 80.3 Å². The van der Waals surface area contributed by atoms with Crippen molar-refractivity contribution in [3.8, 4) is 0 Å². The predicted octanol–water partition coefficient (Wildman–Crippen LogP) is 4.90. The van der Waals surface area contributed by atoms with E-state index in [1.54, 1.807) is 58.5 Å². The van der Waals surface area contributed by atoms with Gasteiger partial charge in [-0.3, -0.25) is 19.2 Å². The van der Waals surface area contributed by atoms with Crippen molar-refractivity contribution < 1.29 is 33.8 Å². The van der Waals surface area contributed by atoms with Gasteiger partial charge in [0.05, 0.1) is 0 Å². The summed E-state index contributed by atoms with van der Waals surface area (Å²) in [6.07, 6.45) is 13.8. The van der Waals surface area contributed by atoms with Crippen molar-refractivity contribution in [3.05, 3.63) is 18.2 Å². The maximum atomic E-state index is 13.3. The number of carboxylic acid groups (broad SMARTS) is 1. The fourth-order valence-electron chi connectivity index (χ4n) is 4.56. The van der Waals surface area contributed by atoms with Crippen LogP contribution in [0.2, 0.25) is 0 Å². The Kier molecular flexibility index (Phi) is 17.1. The maximum absolute atomic E-state index is 13.3. The fraction of sp³-hybridized carbons (Fsp3) is 0.781. The monoisotopic (exact) mass is 608 g/mol. The zero-order valence-corrected chi connectivity index (χ0v) is 27.6. The van der Waals surface area contributed by atoms with E-state index in [0.29, 0.717) is 6.42 Å². The second-order valence-corrected chi connectivity index (χ2v) is 13.1. The molecule has 0 saturated heterocycles. The van der Waals surface area contributed by atoms with Gasteiger partial charge in [0.1, 0.15) is 36.7 Å². The van der Waals surface area contributed by atoms with Crippen LogP contribution in [0.1, 0.15) is 118 Å². The van der Waals surface area contributed by atoms with E-state index in [0.717, 1.165) is 57.3 Å². The number of nitrogens with zero attached hydrogens (tertiary/aromatic N) is 3. The molecule has 0 aliphatic carbocycles. The molecule has 0 aromatic carbocycles. The number of aromatic nitrogens is 2. The molecule has 0 saturated carbocycles. The quantitative estimate of drug-likeness (QED) is 0.147. The van der Waals surface area contributed by atoms with E-state index in [4.69, 9.17) is 14.6 Å². The van der Waals surface area contributed by atoms with Crippen molar-refractivity contribution in [3.63, 3.8) is 0 Å². The molecule has 0 bridgehead atoms. The topological polar surface area (TPSA) is 140 Å². The molecular weight excluding hydrogens is 552 g/mol. The molecule has 1 atom stereocenters. The molecule has 1 unspecified atom stereocenters. The molecule has 11 heteroatoms. The second-order valence-electron chi connectivity index (χ2n) is 13.1. The summed E-state index contributed by atoms with van der Waals surface area (Å²) in [5.74, 6) is -1.56. The molecule has 246 valence electrons. The highest BCUT2D eigenvalue weighted by Crippen LogP contribution is 2.13. The Morgan fingerprint density at radius 2 is 1.40 bits per heavy atom. The highest BCUT2D eigenvalue weighted by atomic mass is 16.6. The minimum absolute atomic E-state index is 0.0618. The van der Waals surface area contributed by atoms with E-state index in [1.165, 1.54) is 17.7 Å². The Morgan fingerprint density at radius 1 is 0.884 bits per heavy atom. The number of rotatable bonds is 21. The number of esters is 2. The van der Waals surface area contributed by atoms with Gasteiger partial charge in [0, 0.05) is 31.3 Å². The lowest BCUT2D eigenvalue weighted by molar-refractivity contribution is -0.164. The normalized spacial score (nSPS) is 12.5. The Bertz CT molecular complexity index is 965. The number of unbranched alkanes of at least 4 members (excludes halogenated alkanes) is 7. The van der Waals surface area contributed by atoms with Gasteiger partial charge >= 0.3 is 17.9 Å². The largest absolute Gasteiger partial charge is 0.481 e. The van der Waals surface area contributed by atoms with Crippen LogP contribution in [0.15, 0.2) is 12.4 Å². The smallest absolute Gasteiger partial charge is 0.326 e. The Labute approximate surface area is 258 Å². The molecule has 0 spiro atoms. The van der Waals surface area contributed by atoms with E-state index < -0.39 is 35.0 Å². The molecule has 11 nitrogen and oxygen atoms in total.